The van der Waals surface area contributed by atoms with Crippen LogP contribution in [0, 0.1) is 52.4 Å². The summed E-state index contributed by atoms with van der Waals surface area (Å²) in [5, 5.41) is 23.2. The summed E-state index contributed by atoms with van der Waals surface area (Å²) < 4.78 is 5.10. The highest BCUT2D eigenvalue weighted by Gasteiger charge is 2.25. The van der Waals surface area contributed by atoms with Crippen molar-refractivity contribution in [3.63, 3.8) is 0 Å². The topological polar surface area (TPSA) is 378 Å². The minimum atomic E-state index is -1.05. The number of piperidine rings is 6. The molecule has 0 radical (unpaired) electrons. The zero-order chi connectivity index (χ0) is 99.8. The number of rotatable bonds is 4. The Balaban J connectivity index is 0.000000374. The lowest BCUT2D eigenvalue weighted by Crippen LogP contribution is -2.55. The summed E-state index contributed by atoms with van der Waals surface area (Å²) in [6, 6.07) is 35.2. The first-order chi connectivity index (χ1) is 66.2. The molecule has 0 aliphatic carbocycles. The van der Waals surface area contributed by atoms with E-state index in [-0.39, 0.29) is 17.1 Å². The first-order valence-corrected chi connectivity index (χ1v) is 48.1. The molecule has 4 bridgehead atoms. The maximum absolute atomic E-state index is 10.4. The molecule has 12 aliphatic heterocycles. The minimum Gasteiger partial charge on any atom is -0.477 e. The van der Waals surface area contributed by atoms with Crippen LogP contribution in [0.3, 0.4) is 0 Å². The van der Waals surface area contributed by atoms with Gasteiger partial charge in [-0.15, -0.1) is 0 Å². The molecule has 12 aliphatic rings. The molecular weight excluding hydrogens is 1720 g/mol. The highest BCUT2D eigenvalue weighted by atomic mass is 16.5. The van der Waals surface area contributed by atoms with Crippen molar-refractivity contribution in [1.82, 2.24) is 115 Å². The van der Waals surface area contributed by atoms with Crippen molar-refractivity contribution in [2.75, 3.05) is 219 Å². The number of pyridine rings is 8. The number of carbonyl (C=O) groups is 4. The number of aromatic carboxylic acids is 2. The average Bonchev–Trinajstić information content (AvgIpc) is 0.871. The number of morpholine rings is 1. The van der Waals surface area contributed by atoms with Gasteiger partial charge in [0.25, 0.3) is 11.8 Å². The number of piperazine rings is 5. The van der Waals surface area contributed by atoms with Gasteiger partial charge in [0.05, 0.1) is 25.6 Å². The van der Waals surface area contributed by atoms with Gasteiger partial charge in [0.1, 0.15) is 17.1 Å². The summed E-state index contributed by atoms with van der Waals surface area (Å²) in [5.74, 6) is -0.0233. The number of hydrogen-bond acceptors (Lipinski definition) is 28. The van der Waals surface area contributed by atoms with Crippen LogP contribution in [-0.4, -0.2) is 357 Å². The van der Waals surface area contributed by atoms with Crippen molar-refractivity contribution in [3.05, 3.63) is 290 Å². The van der Waals surface area contributed by atoms with E-state index in [4.69, 9.17) is 26.4 Å². The fourth-order valence-electron chi connectivity index (χ4n) is 13.2. The molecule has 10 aromatic rings. The van der Waals surface area contributed by atoms with Crippen molar-refractivity contribution >= 4 is 23.8 Å². The standard InChI is InChI=1S/C7H13N.C7H15N.C6H6N2O.C6H12N2.C6H14N2.C6H5NO2.C6H13N.5C6H7N.C6H13N.C5H5N3O.C5H4N2O2.C5H12N2.C5H11NO.C5H5N/c1-4-8-5-2-7(1)3-6-8;1-7-3-5-8(2)6-4-7;7-6(9)5-3-1-2-4-8-5;1-2-8-5-3-7(1)4-6-8;1-7-3-5-8(2)6-4-7;8-6(9)5-3-1-2-4-7-5;4*1-6-2-4-7-5-3-6;2*1-6-3-2-4-7-5-6;1-7-5-3-2-4-6-7;6-5(9)4-3-7-1-2-8-4;8-5(9)4-3-6-1-2-7-4;1-7-4-2-6-3-5-7;1-6-2-4-7-5-3-6;1-2-4-6-5-3-1/h7H,1-6H2;7H,3-6H2,1-2H3;1-4H,(H2,7,9);1-6H2;3-6H2,1-2H3;1-4H,(H,8,9);6-7H,2-5H2,1H3;5*2-5H,1H3;2-6H2,1H3;1-3H,(H2,6,9);1-3H,(H,8,9);6H,2-5H2,1H3;2-5H2,1H3;1-5H. The Morgan fingerprint density at radius 2 is 0.628 bits per heavy atom. The summed E-state index contributed by atoms with van der Waals surface area (Å²) >= 11 is 0. The lowest BCUT2D eigenvalue weighted by molar-refractivity contribution is 0.0503. The van der Waals surface area contributed by atoms with Gasteiger partial charge in [0.15, 0.2) is 5.69 Å². The van der Waals surface area contributed by atoms with E-state index >= 15 is 0 Å². The molecule has 0 unspecified atom stereocenters. The van der Waals surface area contributed by atoms with Crippen molar-refractivity contribution in [2.45, 2.75) is 113 Å². The van der Waals surface area contributed by atoms with Crippen LogP contribution in [-0.2, 0) is 4.74 Å². The SMILES string of the molecule is C1CN2CCC1CC2.C1CN2CCN1CC2.CC1CCN(C)CC1.CC1CCNCC1.CN1CCCCC1.CN1CCN(C)CC1.CN1CCNCC1.CN1CCOCC1.Cc1cccnc1.Cc1cccnc1.Cc1ccncc1.Cc1ccncc1.Cc1ccncc1.NC(=O)c1ccccn1.NC(=O)c1cnccn1.O=C(O)c1ccccn1.O=C(O)c1cnccn1.c1ccncc1. The molecule has 8 N–H and O–H groups in total. The molecule has 0 spiro atoms. The molecule has 0 atom stereocenters. The number of carbonyl (C=O) groups excluding carboxylic acids is 2. The van der Waals surface area contributed by atoms with E-state index in [1.54, 1.807) is 92.3 Å². The maximum Gasteiger partial charge on any atom is 0.356 e. The minimum absolute atomic E-state index is 0.0301. The number of nitrogens with one attached hydrogen (secondary N) is 2. The third-order valence-electron chi connectivity index (χ3n) is 22.4. The molecule has 0 aromatic carbocycles. The maximum atomic E-state index is 10.4. The van der Waals surface area contributed by atoms with Crippen LogP contribution in [0.15, 0.2) is 239 Å². The second-order valence-corrected chi connectivity index (χ2v) is 34.7. The number of nitrogens with two attached hydrogens (primary N) is 2. The summed E-state index contributed by atoms with van der Waals surface area (Å²) in [7, 11) is 13.0. The van der Waals surface area contributed by atoms with Crippen LogP contribution < -0.4 is 22.1 Å². The van der Waals surface area contributed by atoms with Crippen molar-refractivity contribution in [3.8, 4) is 0 Å². The Hall–Kier alpha value is -11.2. The number of amides is 2. The van der Waals surface area contributed by atoms with Gasteiger partial charge < -0.3 is 71.4 Å². The Labute approximate surface area is 818 Å². The molecule has 10 aromatic heterocycles. The summed E-state index contributed by atoms with van der Waals surface area (Å²) in [4.78, 5) is 107. The number of nitrogens with zero attached hydrogens (tertiary/aromatic N) is 21. The molecule has 137 heavy (non-hydrogen) atoms. The average molecular weight is 1890 g/mol. The quantitative estimate of drug-likeness (QED) is 0.0953. The van der Waals surface area contributed by atoms with Crippen LogP contribution in [0.5, 0.6) is 0 Å². The Morgan fingerprint density at radius 1 is 0.292 bits per heavy atom. The van der Waals surface area contributed by atoms with Crippen LogP contribution in [0.25, 0.3) is 0 Å². The largest absolute Gasteiger partial charge is 0.477 e. The van der Waals surface area contributed by atoms with E-state index in [2.05, 4.69) is 171 Å². The predicted molar refractivity (Wildman–Crippen MR) is 551 cm³/mol. The highest BCUT2D eigenvalue weighted by molar-refractivity contribution is 5.91. The summed E-state index contributed by atoms with van der Waals surface area (Å²) in [6.45, 7) is 48.4. The second-order valence-electron chi connectivity index (χ2n) is 34.7. The normalized spacial score (nSPS) is 18.4. The fraction of sp³-hybridized carbons (Fsp3) is 0.505. The van der Waals surface area contributed by atoms with Gasteiger partial charge in [-0.1, -0.05) is 50.6 Å². The Morgan fingerprint density at radius 3 is 0.832 bits per heavy atom. The monoisotopic (exact) mass is 1890 g/mol. The molecule has 22 heterocycles. The number of carboxylic acid groups (broad SMARTS) is 2. The molecule has 12 saturated heterocycles. The van der Waals surface area contributed by atoms with Gasteiger partial charge >= 0.3 is 11.9 Å². The smallest absolute Gasteiger partial charge is 0.356 e. The van der Waals surface area contributed by atoms with Crippen molar-refractivity contribution in [1.29, 1.82) is 0 Å². The third kappa shape index (κ3) is 69.3. The van der Waals surface area contributed by atoms with Crippen molar-refractivity contribution in [2.24, 2.45) is 29.2 Å². The summed E-state index contributed by atoms with van der Waals surface area (Å²) in [6.07, 6.45) is 46.9. The van der Waals surface area contributed by atoms with E-state index in [1.165, 1.54) is 285 Å². The molecule has 750 valence electrons. The van der Waals surface area contributed by atoms with Gasteiger partial charge in [0, 0.05) is 216 Å². The van der Waals surface area contributed by atoms with Gasteiger partial charge in [0.2, 0.25) is 0 Å². The Bertz CT molecular complexity index is 3800. The zero-order valence-corrected chi connectivity index (χ0v) is 84.4. The van der Waals surface area contributed by atoms with Crippen LogP contribution in [0.4, 0.5) is 0 Å². The molecule has 0 saturated carbocycles. The van der Waals surface area contributed by atoms with E-state index in [0.717, 1.165) is 57.1 Å². The number of carboxylic acids is 2. The number of aromatic nitrogens is 12. The zero-order valence-electron chi connectivity index (χ0n) is 84.4. The van der Waals surface area contributed by atoms with Gasteiger partial charge in [-0.05, 0) is 324 Å². The van der Waals surface area contributed by atoms with Crippen LogP contribution in [0.2, 0.25) is 0 Å². The van der Waals surface area contributed by atoms with Crippen LogP contribution in [0.1, 0.15) is 148 Å². The number of hydrogen-bond donors (Lipinski definition) is 6. The Kier molecular flexibility index (Phi) is 69.8. The van der Waals surface area contributed by atoms with Gasteiger partial charge in [-0.3, -0.25) is 64.2 Å². The number of fused-ring (bicyclic) bond motifs is 6. The van der Waals surface area contributed by atoms with E-state index < -0.39 is 23.8 Å². The molecule has 32 nitrogen and oxygen atoms in total. The molecule has 2 amide bonds. The summed E-state index contributed by atoms with van der Waals surface area (Å²) in [5.41, 5.74) is 16.5. The molecule has 22 rings (SSSR count). The number of aryl methyl sites for hydroxylation is 5. The van der Waals surface area contributed by atoms with Gasteiger partial charge in [-0.2, -0.15) is 0 Å². The van der Waals surface area contributed by atoms with E-state index in [0.29, 0.717) is 5.69 Å². The lowest BCUT2D eigenvalue weighted by Gasteiger charge is -2.41. The highest BCUT2D eigenvalue weighted by Crippen LogP contribution is 2.26. The van der Waals surface area contributed by atoms with E-state index in [9.17, 15) is 19.2 Å². The van der Waals surface area contributed by atoms with Crippen molar-refractivity contribution < 1.29 is 34.1 Å². The number of ether oxygens (including phenoxy) is 1. The van der Waals surface area contributed by atoms with Crippen LogP contribution >= 0.6 is 0 Å². The fourth-order valence-corrected chi connectivity index (χ4v) is 13.2. The first-order valence-electron chi connectivity index (χ1n) is 48.1. The molecule has 32 heteroatoms. The lowest BCUT2D eigenvalue weighted by atomic mass is 9.89. The molecule has 12 fully saturated rings. The van der Waals surface area contributed by atoms with Gasteiger partial charge in [-0.25, -0.2) is 24.5 Å². The first kappa shape index (κ1) is 120. The number of likely N-dealkylation sites (N-methyl/N-ethyl adjacent to an activating group) is 4. The third-order valence-corrected chi connectivity index (χ3v) is 22.4. The molecular formula is C105H163N25O7. The van der Waals surface area contributed by atoms with E-state index in [1.807, 2.05) is 126 Å². The second kappa shape index (κ2) is 79.8. The predicted octanol–water partition coefficient (Wildman–Crippen LogP) is 12.3. The number of likely N-dealkylation sites (tertiary alicyclic amines) is 2. The number of primary amides is 2.